The Balaban J connectivity index is 3.14. The molecular formula is C3H4ClN3S. The topological polar surface area (TPSA) is 64.9 Å². The monoisotopic (exact) mass is 149 g/mol. The summed E-state index contributed by atoms with van der Waals surface area (Å²) in [7, 11) is 0. The van der Waals surface area contributed by atoms with E-state index in [0.717, 1.165) is 0 Å². The van der Waals surface area contributed by atoms with Crippen LogP contribution in [0.4, 0.5) is 10.1 Å². The largest absolute Gasteiger partial charge is 0.388 e. The molecule has 0 spiro atoms. The Morgan fingerprint density at radius 1 is 1.50 bits per heavy atom. The minimum Gasteiger partial charge on any atom is -0.388 e. The summed E-state index contributed by atoms with van der Waals surface area (Å²) in [5.74, 6) is 0. The molecule has 1 aromatic rings. The molecule has 1 rings (SSSR count). The van der Waals surface area contributed by atoms with Gasteiger partial charge in [-0.25, -0.2) is 4.98 Å². The third-order valence-electron chi connectivity index (χ3n) is 0.626. The standard InChI is InChI=1S/C3H4ClN3S/c4-1-2(5)8-3(6)7-1/h5H2,(H2,6,7). The molecule has 44 valence electrons. The van der Waals surface area contributed by atoms with Crippen LogP contribution in [0, 0.1) is 0 Å². The molecule has 0 saturated carbocycles. The summed E-state index contributed by atoms with van der Waals surface area (Å²) >= 11 is 6.61. The van der Waals surface area contributed by atoms with Gasteiger partial charge >= 0.3 is 0 Å². The molecule has 0 aromatic carbocycles. The summed E-state index contributed by atoms with van der Waals surface area (Å²) in [6.07, 6.45) is 0. The lowest BCUT2D eigenvalue weighted by Gasteiger charge is -1.75. The predicted molar refractivity (Wildman–Crippen MR) is 35.9 cm³/mol. The molecule has 0 aliphatic carbocycles. The van der Waals surface area contributed by atoms with Crippen molar-refractivity contribution in [2.75, 3.05) is 11.5 Å². The summed E-state index contributed by atoms with van der Waals surface area (Å²) in [5.41, 5.74) is 10.5. The number of anilines is 2. The van der Waals surface area contributed by atoms with Crippen LogP contribution < -0.4 is 11.5 Å². The summed E-state index contributed by atoms with van der Waals surface area (Å²) in [6, 6.07) is 0. The van der Waals surface area contributed by atoms with Crippen molar-refractivity contribution in [2.24, 2.45) is 0 Å². The summed E-state index contributed by atoms with van der Waals surface area (Å²) in [6.45, 7) is 0. The van der Waals surface area contributed by atoms with Crippen LogP contribution in [-0.2, 0) is 0 Å². The minimum atomic E-state index is 0.299. The van der Waals surface area contributed by atoms with E-state index in [1.165, 1.54) is 11.3 Å². The van der Waals surface area contributed by atoms with Gasteiger partial charge in [0.05, 0.1) is 0 Å². The highest BCUT2D eigenvalue weighted by atomic mass is 35.5. The number of nitrogens with two attached hydrogens (primary N) is 2. The fourth-order valence-corrected chi connectivity index (χ4v) is 1.08. The zero-order valence-electron chi connectivity index (χ0n) is 3.89. The molecule has 0 bridgehead atoms. The number of rotatable bonds is 0. The first-order valence-corrected chi connectivity index (χ1v) is 3.07. The maximum atomic E-state index is 5.42. The zero-order chi connectivity index (χ0) is 6.15. The number of aromatic nitrogens is 1. The molecule has 5 heteroatoms. The van der Waals surface area contributed by atoms with E-state index >= 15 is 0 Å². The maximum Gasteiger partial charge on any atom is 0.183 e. The van der Waals surface area contributed by atoms with Crippen LogP contribution in [0.2, 0.25) is 5.15 Å². The Bertz CT molecular complexity index is 177. The summed E-state index contributed by atoms with van der Waals surface area (Å²) in [5, 5.41) is 1.18. The van der Waals surface area contributed by atoms with E-state index in [0.29, 0.717) is 15.3 Å². The molecule has 0 unspecified atom stereocenters. The van der Waals surface area contributed by atoms with Crippen molar-refractivity contribution < 1.29 is 0 Å². The van der Waals surface area contributed by atoms with Crippen molar-refractivity contribution in [1.82, 2.24) is 4.98 Å². The number of hydrogen-bond donors (Lipinski definition) is 2. The molecular weight excluding hydrogens is 146 g/mol. The average molecular weight is 150 g/mol. The van der Waals surface area contributed by atoms with Gasteiger partial charge in [-0.15, -0.1) is 0 Å². The molecule has 0 saturated heterocycles. The molecule has 0 fully saturated rings. The first-order chi connectivity index (χ1) is 3.70. The lowest BCUT2D eigenvalue weighted by atomic mass is 10.9. The van der Waals surface area contributed by atoms with Crippen LogP contribution in [0.5, 0.6) is 0 Å². The van der Waals surface area contributed by atoms with Gasteiger partial charge < -0.3 is 11.5 Å². The maximum absolute atomic E-state index is 5.42. The molecule has 8 heavy (non-hydrogen) atoms. The van der Waals surface area contributed by atoms with Crippen molar-refractivity contribution >= 4 is 33.1 Å². The Labute approximate surface area is 55.3 Å². The average Bonchev–Trinajstić information content (AvgIpc) is 1.85. The van der Waals surface area contributed by atoms with Crippen molar-refractivity contribution in [3.63, 3.8) is 0 Å². The van der Waals surface area contributed by atoms with Crippen LogP contribution in [0.1, 0.15) is 0 Å². The van der Waals surface area contributed by atoms with E-state index in [1.54, 1.807) is 0 Å². The van der Waals surface area contributed by atoms with E-state index in [1.807, 2.05) is 0 Å². The second-order valence-electron chi connectivity index (χ2n) is 1.21. The molecule has 1 heterocycles. The predicted octanol–water partition coefficient (Wildman–Crippen LogP) is 0.961. The van der Waals surface area contributed by atoms with Gasteiger partial charge in [0, 0.05) is 0 Å². The molecule has 3 nitrogen and oxygen atoms in total. The van der Waals surface area contributed by atoms with Gasteiger partial charge in [-0.05, 0) is 0 Å². The van der Waals surface area contributed by atoms with E-state index in [-0.39, 0.29) is 0 Å². The fraction of sp³-hybridized carbons (Fsp3) is 0. The van der Waals surface area contributed by atoms with Gasteiger partial charge in [0.2, 0.25) is 0 Å². The van der Waals surface area contributed by atoms with Gasteiger partial charge in [0.25, 0.3) is 0 Å². The van der Waals surface area contributed by atoms with Crippen molar-refractivity contribution in [3.05, 3.63) is 5.15 Å². The summed E-state index contributed by atoms with van der Waals surface area (Å²) < 4.78 is 0. The smallest absolute Gasteiger partial charge is 0.183 e. The highest BCUT2D eigenvalue weighted by molar-refractivity contribution is 7.19. The SMILES string of the molecule is Nc1nc(Cl)c(N)s1. The fourth-order valence-electron chi connectivity index (χ4n) is 0.329. The normalized spacial score (nSPS) is 9.62. The van der Waals surface area contributed by atoms with Gasteiger partial charge in [-0.2, -0.15) is 0 Å². The van der Waals surface area contributed by atoms with Crippen molar-refractivity contribution in [2.45, 2.75) is 0 Å². The number of nitrogens with zero attached hydrogens (tertiary/aromatic N) is 1. The third-order valence-corrected chi connectivity index (χ3v) is 1.74. The van der Waals surface area contributed by atoms with Crippen molar-refractivity contribution in [3.8, 4) is 0 Å². The van der Waals surface area contributed by atoms with Crippen LogP contribution >= 0.6 is 22.9 Å². The van der Waals surface area contributed by atoms with E-state index in [4.69, 9.17) is 23.1 Å². The molecule has 4 N–H and O–H groups in total. The van der Waals surface area contributed by atoms with Crippen LogP contribution in [0.15, 0.2) is 0 Å². The molecule has 0 atom stereocenters. The van der Waals surface area contributed by atoms with Crippen LogP contribution in [0.3, 0.4) is 0 Å². The van der Waals surface area contributed by atoms with Crippen LogP contribution in [-0.4, -0.2) is 4.98 Å². The highest BCUT2D eigenvalue weighted by Gasteiger charge is 1.99. The molecule has 0 radical (unpaired) electrons. The molecule has 0 aliphatic rings. The number of hydrogen-bond acceptors (Lipinski definition) is 4. The van der Waals surface area contributed by atoms with Gasteiger partial charge in [-0.1, -0.05) is 22.9 Å². The molecule has 1 aromatic heterocycles. The second-order valence-corrected chi connectivity index (χ2v) is 2.63. The van der Waals surface area contributed by atoms with E-state index in [9.17, 15) is 0 Å². The van der Waals surface area contributed by atoms with Gasteiger partial charge in [-0.3, -0.25) is 0 Å². The Hall–Kier alpha value is -0.480. The lowest BCUT2D eigenvalue weighted by molar-refractivity contribution is 1.43. The Morgan fingerprint density at radius 2 is 2.12 bits per heavy atom. The van der Waals surface area contributed by atoms with Gasteiger partial charge in [0.1, 0.15) is 5.00 Å². The van der Waals surface area contributed by atoms with E-state index < -0.39 is 0 Å². The number of halogens is 1. The first kappa shape index (κ1) is 5.65. The van der Waals surface area contributed by atoms with Crippen LogP contribution in [0.25, 0.3) is 0 Å². The first-order valence-electron chi connectivity index (χ1n) is 1.87. The van der Waals surface area contributed by atoms with Crippen molar-refractivity contribution in [1.29, 1.82) is 0 Å². The summed E-state index contributed by atoms with van der Waals surface area (Å²) in [4.78, 5) is 3.65. The number of thiazole rings is 1. The zero-order valence-corrected chi connectivity index (χ0v) is 5.46. The Kier molecular flexibility index (Phi) is 1.27. The minimum absolute atomic E-state index is 0.299. The lowest BCUT2D eigenvalue weighted by Crippen LogP contribution is -1.79. The highest BCUT2D eigenvalue weighted by Crippen LogP contribution is 2.26. The Morgan fingerprint density at radius 3 is 2.25 bits per heavy atom. The van der Waals surface area contributed by atoms with Gasteiger partial charge in [0.15, 0.2) is 10.3 Å². The third kappa shape index (κ3) is 0.850. The molecule has 0 amide bonds. The second kappa shape index (κ2) is 1.80. The molecule has 0 aliphatic heterocycles. The van der Waals surface area contributed by atoms with E-state index in [2.05, 4.69) is 4.98 Å². The quantitative estimate of drug-likeness (QED) is 0.578. The number of nitrogen functional groups attached to an aromatic ring is 2.